The highest BCUT2D eigenvalue weighted by Crippen LogP contribution is 2.28. The molecule has 0 bridgehead atoms. The van der Waals surface area contributed by atoms with Crippen LogP contribution in [0.15, 0.2) is 0 Å². The third-order valence-corrected chi connectivity index (χ3v) is 2.88. The molecule has 1 aromatic rings. The number of fused-ring (bicyclic) bond motifs is 1. The van der Waals surface area contributed by atoms with E-state index in [1.165, 1.54) is 0 Å². The van der Waals surface area contributed by atoms with Crippen molar-refractivity contribution in [2.75, 3.05) is 0 Å². The summed E-state index contributed by atoms with van der Waals surface area (Å²) < 4.78 is 2.04. The van der Waals surface area contributed by atoms with Crippen LogP contribution in [0, 0.1) is 0 Å². The summed E-state index contributed by atoms with van der Waals surface area (Å²) in [7, 11) is 0. The van der Waals surface area contributed by atoms with Crippen LogP contribution in [-0.4, -0.2) is 20.8 Å². The van der Waals surface area contributed by atoms with E-state index >= 15 is 0 Å². The molecule has 2 unspecified atom stereocenters. The summed E-state index contributed by atoms with van der Waals surface area (Å²) in [6, 6.07) is 0.106. The molecule has 0 aliphatic carbocycles. The number of hydrogen-bond donors (Lipinski definition) is 1. The molecule has 1 aliphatic rings. The topological polar surface area (TPSA) is 56.7 Å². The molecule has 0 fully saturated rings. The number of hydrogen-bond acceptors (Lipinski definition) is 3. The van der Waals surface area contributed by atoms with Crippen molar-refractivity contribution < 1.29 is 0 Å². The van der Waals surface area contributed by atoms with Gasteiger partial charge in [0, 0.05) is 18.9 Å². The summed E-state index contributed by atoms with van der Waals surface area (Å²) >= 11 is 6.22. The van der Waals surface area contributed by atoms with Crippen LogP contribution >= 0.6 is 11.6 Å². The Hall–Kier alpha value is -0.610. The van der Waals surface area contributed by atoms with Gasteiger partial charge in [-0.1, -0.05) is 11.6 Å². The minimum atomic E-state index is 0.0162. The minimum Gasteiger partial charge on any atom is -0.328 e. The van der Waals surface area contributed by atoms with E-state index in [4.69, 9.17) is 17.3 Å². The van der Waals surface area contributed by atoms with Gasteiger partial charge in [-0.05, 0) is 19.8 Å². The van der Waals surface area contributed by atoms with Crippen molar-refractivity contribution in [2.45, 2.75) is 44.1 Å². The quantitative estimate of drug-likeness (QED) is 0.754. The first kappa shape index (κ1) is 9.93. The van der Waals surface area contributed by atoms with Crippen molar-refractivity contribution in [3.8, 4) is 0 Å². The molecule has 1 aliphatic heterocycles. The van der Waals surface area contributed by atoms with E-state index in [1.54, 1.807) is 0 Å². The van der Waals surface area contributed by atoms with Crippen LogP contribution in [0.5, 0.6) is 0 Å². The Kier molecular flexibility index (Phi) is 2.74. The van der Waals surface area contributed by atoms with Crippen LogP contribution in [0.25, 0.3) is 0 Å². The van der Waals surface area contributed by atoms with E-state index in [1.807, 2.05) is 11.5 Å². The van der Waals surface area contributed by atoms with Crippen LogP contribution < -0.4 is 5.73 Å². The van der Waals surface area contributed by atoms with Crippen molar-refractivity contribution in [3.05, 3.63) is 11.6 Å². The highest BCUT2D eigenvalue weighted by Gasteiger charge is 2.22. The molecule has 0 aromatic carbocycles. The number of nitrogens with two attached hydrogens (primary N) is 1. The smallest absolute Gasteiger partial charge is 0.135 e. The number of aromatic nitrogens is 3. The molecule has 0 radical (unpaired) electrons. The van der Waals surface area contributed by atoms with E-state index in [9.17, 15) is 0 Å². The van der Waals surface area contributed by atoms with Gasteiger partial charge >= 0.3 is 0 Å². The maximum atomic E-state index is 6.22. The Labute approximate surface area is 88.5 Å². The lowest BCUT2D eigenvalue weighted by molar-refractivity contribution is 0.482. The molecule has 0 saturated heterocycles. The molecule has 0 spiro atoms. The first-order valence-corrected chi connectivity index (χ1v) is 5.44. The van der Waals surface area contributed by atoms with E-state index in [0.29, 0.717) is 0 Å². The van der Waals surface area contributed by atoms with Crippen LogP contribution in [0.1, 0.15) is 36.9 Å². The maximum Gasteiger partial charge on any atom is 0.135 e. The van der Waals surface area contributed by atoms with Crippen molar-refractivity contribution in [2.24, 2.45) is 5.73 Å². The third kappa shape index (κ3) is 1.77. The number of halogens is 1. The predicted octanol–water partition coefficient (Wildman–Crippen LogP) is 1.24. The first-order valence-electron chi connectivity index (χ1n) is 5.01. The van der Waals surface area contributed by atoms with Crippen molar-refractivity contribution in [1.29, 1.82) is 0 Å². The van der Waals surface area contributed by atoms with Gasteiger partial charge in [0.05, 0.1) is 0 Å². The summed E-state index contributed by atoms with van der Waals surface area (Å²) in [5, 5.41) is 8.27. The van der Waals surface area contributed by atoms with Crippen LogP contribution in [0.4, 0.5) is 0 Å². The first-order chi connectivity index (χ1) is 6.68. The molecule has 2 N–H and O–H groups in total. The highest BCUT2D eigenvalue weighted by atomic mass is 35.5. The standard InChI is InChI=1S/C9H15ClN4/c1-6(11)5-9-13-12-8-4-2-3-7(10)14(8)9/h6-7H,2-5,11H2,1H3. The zero-order valence-corrected chi connectivity index (χ0v) is 9.04. The number of aryl methyl sites for hydroxylation is 1. The molecular formula is C9H15ClN4. The van der Waals surface area contributed by atoms with Gasteiger partial charge < -0.3 is 5.73 Å². The number of alkyl halides is 1. The van der Waals surface area contributed by atoms with Gasteiger partial charge in [-0.2, -0.15) is 0 Å². The Balaban J connectivity index is 2.29. The van der Waals surface area contributed by atoms with Gasteiger partial charge in [0.15, 0.2) is 0 Å². The summed E-state index contributed by atoms with van der Waals surface area (Å²) in [5.74, 6) is 1.93. The van der Waals surface area contributed by atoms with E-state index in [0.717, 1.165) is 37.3 Å². The van der Waals surface area contributed by atoms with Crippen LogP contribution in [-0.2, 0) is 12.8 Å². The van der Waals surface area contributed by atoms with Gasteiger partial charge in [-0.3, -0.25) is 4.57 Å². The van der Waals surface area contributed by atoms with Crippen molar-refractivity contribution in [1.82, 2.24) is 14.8 Å². The summed E-state index contributed by atoms with van der Waals surface area (Å²) in [5.41, 5.74) is 5.75. The summed E-state index contributed by atoms with van der Waals surface area (Å²) in [6.07, 6.45) is 3.83. The molecule has 0 saturated carbocycles. The molecule has 2 rings (SSSR count). The maximum absolute atomic E-state index is 6.22. The SMILES string of the molecule is CC(N)Cc1nnc2n1C(Cl)CCC2. The molecule has 5 heteroatoms. The lowest BCUT2D eigenvalue weighted by Gasteiger charge is -2.21. The van der Waals surface area contributed by atoms with Crippen molar-refractivity contribution >= 4 is 11.6 Å². The van der Waals surface area contributed by atoms with Gasteiger partial charge in [-0.15, -0.1) is 10.2 Å². The Morgan fingerprint density at radius 3 is 3.14 bits per heavy atom. The van der Waals surface area contributed by atoms with Gasteiger partial charge in [-0.25, -0.2) is 0 Å². The summed E-state index contributed by atoms with van der Waals surface area (Å²) in [4.78, 5) is 0. The largest absolute Gasteiger partial charge is 0.328 e. The molecule has 2 heterocycles. The fourth-order valence-electron chi connectivity index (χ4n) is 1.84. The Morgan fingerprint density at radius 2 is 2.43 bits per heavy atom. The Morgan fingerprint density at radius 1 is 1.64 bits per heavy atom. The molecular weight excluding hydrogens is 200 g/mol. The number of rotatable bonds is 2. The lowest BCUT2D eigenvalue weighted by atomic mass is 10.1. The molecule has 4 nitrogen and oxygen atoms in total. The monoisotopic (exact) mass is 214 g/mol. The molecule has 14 heavy (non-hydrogen) atoms. The lowest BCUT2D eigenvalue weighted by Crippen LogP contribution is -2.23. The van der Waals surface area contributed by atoms with E-state index < -0.39 is 0 Å². The Bertz CT molecular complexity index is 321. The van der Waals surface area contributed by atoms with Crippen molar-refractivity contribution in [3.63, 3.8) is 0 Å². The third-order valence-electron chi connectivity index (χ3n) is 2.46. The normalized spacial score (nSPS) is 23.2. The molecule has 1 aromatic heterocycles. The van der Waals surface area contributed by atoms with Gasteiger partial charge in [0.2, 0.25) is 0 Å². The van der Waals surface area contributed by atoms with E-state index in [-0.39, 0.29) is 11.5 Å². The van der Waals surface area contributed by atoms with E-state index in [2.05, 4.69) is 10.2 Å². The minimum absolute atomic E-state index is 0.0162. The fraction of sp³-hybridized carbons (Fsp3) is 0.778. The molecule has 0 amide bonds. The van der Waals surface area contributed by atoms with Gasteiger partial charge in [0.25, 0.3) is 0 Å². The second-order valence-corrected chi connectivity index (χ2v) is 4.41. The van der Waals surface area contributed by atoms with Gasteiger partial charge in [0.1, 0.15) is 17.1 Å². The number of nitrogens with zero attached hydrogens (tertiary/aromatic N) is 3. The summed E-state index contributed by atoms with van der Waals surface area (Å²) in [6.45, 7) is 1.97. The highest BCUT2D eigenvalue weighted by molar-refractivity contribution is 6.19. The average Bonchev–Trinajstić information content (AvgIpc) is 2.49. The van der Waals surface area contributed by atoms with Crippen LogP contribution in [0.2, 0.25) is 0 Å². The average molecular weight is 215 g/mol. The van der Waals surface area contributed by atoms with Crippen LogP contribution in [0.3, 0.4) is 0 Å². The second-order valence-electron chi connectivity index (χ2n) is 3.91. The molecule has 78 valence electrons. The zero-order valence-electron chi connectivity index (χ0n) is 8.28. The predicted molar refractivity (Wildman–Crippen MR) is 55.2 cm³/mol. The zero-order chi connectivity index (χ0) is 10.1. The second kappa shape index (κ2) is 3.87. The molecule has 2 atom stereocenters. The fourth-order valence-corrected chi connectivity index (χ4v) is 2.22.